The van der Waals surface area contributed by atoms with Crippen molar-refractivity contribution in [3.63, 3.8) is 0 Å². The first-order chi connectivity index (χ1) is 12.3. The van der Waals surface area contributed by atoms with Crippen molar-refractivity contribution in [3.8, 4) is 5.75 Å². The van der Waals surface area contributed by atoms with E-state index >= 15 is 0 Å². The fourth-order valence-corrected chi connectivity index (χ4v) is 3.63. The maximum absolute atomic E-state index is 12.4. The Bertz CT molecular complexity index is 836. The summed E-state index contributed by atoms with van der Waals surface area (Å²) in [4.78, 5) is 12.0. The summed E-state index contributed by atoms with van der Waals surface area (Å²) >= 11 is 0. The number of nitrogens with two attached hydrogens (primary N) is 1. The zero-order valence-corrected chi connectivity index (χ0v) is 15.1. The monoisotopic (exact) mass is 379 g/mol. The number of para-hydroxylation sites is 1. The van der Waals surface area contributed by atoms with Crippen LogP contribution in [0.15, 0.2) is 59.5 Å². The van der Waals surface area contributed by atoms with Gasteiger partial charge in [-0.3, -0.25) is 0 Å². The molecule has 1 atom stereocenters. The summed E-state index contributed by atoms with van der Waals surface area (Å²) < 4.78 is 34.9. The third-order valence-electron chi connectivity index (χ3n) is 3.81. The molecular weight excluding hydrogens is 358 g/mol. The van der Waals surface area contributed by atoms with E-state index in [1.807, 2.05) is 0 Å². The molecule has 2 aromatic carbocycles. The highest BCUT2D eigenvalue weighted by molar-refractivity contribution is 7.91. The number of hydrogen-bond acceptors (Lipinski definition) is 7. The van der Waals surface area contributed by atoms with Crippen LogP contribution in [0.4, 0.5) is 5.69 Å². The highest BCUT2D eigenvalue weighted by atomic mass is 32.2. The summed E-state index contributed by atoms with van der Waals surface area (Å²) in [7, 11) is -2.60. The van der Waals surface area contributed by atoms with Crippen LogP contribution in [0.25, 0.3) is 0 Å². The van der Waals surface area contributed by atoms with E-state index in [1.165, 1.54) is 24.3 Å². The number of esters is 1. The molecule has 0 saturated carbocycles. The van der Waals surface area contributed by atoms with Crippen molar-refractivity contribution in [1.29, 1.82) is 0 Å². The molecule has 0 aliphatic heterocycles. The molecule has 26 heavy (non-hydrogen) atoms. The number of benzene rings is 2. The predicted molar refractivity (Wildman–Crippen MR) is 96.4 cm³/mol. The van der Waals surface area contributed by atoms with Crippen LogP contribution in [0.2, 0.25) is 0 Å². The minimum Gasteiger partial charge on any atom is -0.490 e. The van der Waals surface area contributed by atoms with Gasteiger partial charge in [0.25, 0.3) is 0 Å². The molecule has 1 unspecified atom stereocenters. The van der Waals surface area contributed by atoms with E-state index in [9.17, 15) is 18.3 Å². The number of rotatable bonds is 8. The lowest BCUT2D eigenvalue weighted by molar-refractivity contribution is -0.165. The largest absolute Gasteiger partial charge is 0.490 e. The van der Waals surface area contributed by atoms with Crippen LogP contribution in [-0.2, 0) is 19.4 Å². The molecule has 0 heterocycles. The van der Waals surface area contributed by atoms with Gasteiger partial charge in [0.05, 0.1) is 17.8 Å². The number of ether oxygens (including phenoxy) is 2. The van der Waals surface area contributed by atoms with E-state index in [2.05, 4.69) is 4.74 Å². The average molecular weight is 379 g/mol. The molecule has 0 amide bonds. The second-order valence-electron chi connectivity index (χ2n) is 5.76. The Morgan fingerprint density at radius 1 is 1.12 bits per heavy atom. The Hall–Kier alpha value is -2.58. The first kappa shape index (κ1) is 19.7. The Balaban J connectivity index is 2.11. The number of nitrogen functional groups attached to an aromatic ring is 1. The minimum atomic E-state index is -3.71. The molecule has 8 heteroatoms. The van der Waals surface area contributed by atoms with Crippen LogP contribution in [0, 0.1) is 0 Å². The second-order valence-corrected chi connectivity index (χ2v) is 7.87. The molecule has 0 aliphatic rings. The lowest BCUT2D eigenvalue weighted by atomic mass is 10.0. The molecule has 0 saturated heterocycles. The smallest absolute Gasteiger partial charge is 0.341 e. The molecule has 2 aromatic rings. The van der Waals surface area contributed by atoms with Crippen molar-refractivity contribution >= 4 is 21.5 Å². The lowest BCUT2D eigenvalue weighted by Gasteiger charge is -2.25. The van der Waals surface area contributed by atoms with Crippen LogP contribution in [0.5, 0.6) is 5.75 Å². The van der Waals surface area contributed by atoms with Gasteiger partial charge in [0, 0.05) is 12.1 Å². The Labute approximate surface area is 152 Å². The van der Waals surface area contributed by atoms with Crippen molar-refractivity contribution in [2.45, 2.75) is 16.9 Å². The van der Waals surface area contributed by atoms with E-state index in [0.717, 1.165) is 7.11 Å². The first-order valence-corrected chi connectivity index (χ1v) is 9.49. The van der Waals surface area contributed by atoms with Crippen LogP contribution in [0.3, 0.4) is 0 Å². The van der Waals surface area contributed by atoms with Crippen molar-refractivity contribution in [2.24, 2.45) is 0 Å². The molecule has 2 rings (SSSR count). The standard InChI is InChI=1S/C18H21NO6S/c1-24-17(20)18(21,13-25-15-5-3-2-4-6-15)11-12-26(22,23)16-9-7-14(19)8-10-16/h2-10,21H,11-13,19H2,1H3. The third kappa shape index (κ3) is 4.96. The highest BCUT2D eigenvalue weighted by Crippen LogP contribution is 2.21. The maximum atomic E-state index is 12.4. The first-order valence-electron chi connectivity index (χ1n) is 7.84. The molecule has 7 nitrogen and oxygen atoms in total. The zero-order chi connectivity index (χ0) is 19.2. The van der Waals surface area contributed by atoms with Crippen LogP contribution in [-0.4, -0.2) is 44.6 Å². The molecule has 140 valence electrons. The number of carbonyl (C=O) groups excluding carboxylic acids is 1. The molecule has 0 aliphatic carbocycles. The number of anilines is 1. The van der Waals surface area contributed by atoms with Crippen molar-refractivity contribution in [2.75, 3.05) is 25.2 Å². The summed E-state index contributed by atoms with van der Waals surface area (Å²) in [5.74, 6) is -0.974. The topological polar surface area (TPSA) is 116 Å². The molecule has 0 spiro atoms. The number of hydrogen-bond donors (Lipinski definition) is 2. The number of aliphatic hydroxyl groups is 1. The van der Waals surface area contributed by atoms with Gasteiger partial charge < -0.3 is 20.3 Å². The second kappa shape index (κ2) is 8.20. The summed E-state index contributed by atoms with van der Waals surface area (Å²) in [5, 5.41) is 10.6. The van der Waals surface area contributed by atoms with E-state index in [0.29, 0.717) is 11.4 Å². The van der Waals surface area contributed by atoms with Gasteiger partial charge in [0.15, 0.2) is 15.4 Å². The SMILES string of the molecule is COC(=O)C(O)(CCS(=O)(=O)c1ccc(N)cc1)COc1ccccc1. The van der Waals surface area contributed by atoms with Gasteiger partial charge in [0.2, 0.25) is 0 Å². The van der Waals surface area contributed by atoms with E-state index in [4.69, 9.17) is 10.5 Å². The average Bonchev–Trinajstić information content (AvgIpc) is 2.65. The fourth-order valence-electron chi connectivity index (χ4n) is 2.24. The highest BCUT2D eigenvalue weighted by Gasteiger charge is 2.39. The molecule has 0 radical (unpaired) electrons. The van der Waals surface area contributed by atoms with Crippen molar-refractivity contribution in [3.05, 3.63) is 54.6 Å². The third-order valence-corrected chi connectivity index (χ3v) is 5.54. The molecule has 0 fully saturated rings. The minimum absolute atomic E-state index is 0.0582. The fraction of sp³-hybridized carbons (Fsp3) is 0.278. The molecule has 3 N–H and O–H groups in total. The Morgan fingerprint density at radius 3 is 2.31 bits per heavy atom. The van der Waals surface area contributed by atoms with E-state index in [1.54, 1.807) is 30.3 Å². The van der Waals surface area contributed by atoms with Crippen LogP contribution in [0.1, 0.15) is 6.42 Å². The van der Waals surface area contributed by atoms with Gasteiger partial charge in [-0.1, -0.05) is 18.2 Å². The van der Waals surface area contributed by atoms with Gasteiger partial charge in [-0.15, -0.1) is 0 Å². The van der Waals surface area contributed by atoms with Crippen LogP contribution >= 0.6 is 0 Å². The predicted octanol–water partition coefficient (Wildman–Crippen LogP) is 1.42. The maximum Gasteiger partial charge on any atom is 0.341 e. The van der Waals surface area contributed by atoms with Crippen molar-refractivity contribution < 1.29 is 27.8 Å². The van der Waals surface area contributed by atoms with E-state index < -0.39 is 33.8 Å². The van der Waals surface area contributed by atoms with Gasteiger partial charge >= 0.3 is 5.97 Å². The quantitative estimate of drug-likeness (QED) is 0.526. The van der Waals surface area contributed by atoms with Gasteiger partial charge in [0.1, 0.15) is 12.4 Å². The molecule has 0 bridgehead atoms. The number of methoxy groups -OCH3 is 1. The normalized spacial score (nSPS) is 13.6. The Kier molecular flexibility index (Phi) is 6.23. The summed E-state index contributed by atoms with van der Waals surface area (Å²) in [6, 6.07) is 14.3. The lowest BCUT2D eigenvalue weighted by Crippen LogP contribution is -2.46. The summed E-state index contributed by atoms with van der Waals surface area (Å²) in [5.41, 5.74) is 3.90. The van der Waals surface area contributed by atoms with Gasteiger partial charge in [-0.2, -0.15) is 0 Å². The van der Waals surface area contributed by atoms with Gasteiger partial charge in [-0.05, 0) is 36.4 Å². The summed E-state index contributed by atoms with van der Waals surface area (Å²) in [6.45, 7) is -0.430. The van der Waals surface area contributed by atoms with Gasteiger partial charge in [-0.25, -0.2) is 13.2 Å². The Morgan fingerprint density at radius 2 is 1.73 bits per heavy atom. The summed E-state index contributed by atoms with van der Waals surface area (Å²) in [6.07, 6.45) is -0.376. The van der Waals surface area contributed by atoms with E-state index in [-0.39, 0.29) is 11.3 Å². The molecular formula is C18H21NO6S. The molecule has 0 aromatic heterocycles. The van der Waals surface area contributed by atoms with Crippen LogP contribution < -0.4 is 10.5 Å². The van der Waals surface area contributed by atoms with Crippen molar-refractivity contribution in [1.82, 2.24) is 0 Å². The number of carbonyl (C=O) groups is 1. The zero-order valence-electron chi connectivity index (χ0n) is 14.3. The number of sulfone groups is 1.